The van der Waals surface area contributed by atoms with E-state index in [0.29, 0.717) is 19.4 Å². The van der Waals surface area contributed by atoms with Crippen molar-refractivity contribution >= 4 is 10.1 Å². The Morgan fingerprint density at radius 2 is 1.03 bits per heavy atom. The van der Waals surface area contributed by atoms with Crippen LogP contribution in [0.3, 0.4) is 0 Å². The van der Waals surface area contributed by atoms with Crippen molar-refractivity contribution in [1.82, 2.24) is 0 Å². The Kier molecular flexibility index (Phi) is 24.4. The average molecular weight is 469 g/mol. The Labute approximate surface area is 195 Å². The number of rotatable bonds is 21. The van der Waals surface area contributed by atoms with Crippen LogP contribution in [0.15, 0.2) is 0 Å². The van der Waals surface area contributed by atoms with Crippen molar-refractivity contribution in [1.29, 1.82) is 0 Å². The normalized spacial score (nSPS) is 11.9. The summed E-state index contributed by atoms with van der Waals surface area (Å²) in [5.74, 6) is 0.0662. The smallest absolute Gasteiger partial charge is 0.267 e. The molecule has 0 atom stereocenters. The van der Waals surface area contributed by atoms with Crippen LogP contribution in [-0.2, 0) is 14.3 Å². The molecule has 190 valence electrons. The molecule has 0 radical (unpaired) electrons. The largest absolute Gasteiger partial charge is 0.325 e. The van der Waals surface area contributed by atoms with Gasteiger partial charge in [-0.2, -0.15) is 8.42 Å². The molecule has 0 aliphatic heterocycles. The van der Waals surface area contributed by atoms with E-state index in [1.165, 1.54) is 75.6 Å². The molecule has 0 bridgehead atoms. The minimum atomic E-state index is -3.37. The van der Waals surface area contributed by atoms with Gasteiger partial charge in [-0.25, -0.2) is 0 Å². The molecule has 0 heterocycles. The number of hydrogen-bond donors (Lipinski definition) is 0. The summed E-state index contributed by atoms with van der Waals surface area (Å²) in [6.45, 7) is 16.4. The van der Waals surface area contributed by atoms with Gasteiger partial charge in [-0.15, -0.1) is 0 Å². The van der Waals surface area contributed by atoms with Crippen LogP contribution in [-0.4, -0.2) is 58.1 Å². The lowest BCUT2D eigenvalue weighted by Gasteiger charge is -2.34. The molecular formula is C25H55FNO3S+. The van der Waals surface area contributed by atoms with Crippen LogP contribution in [0.4, 0.5) is 4.39 Å². The van der Waals surface area contributed by atoms with E-state index in [0.717, 1.165) is 25.7 Å². The maximum atomic E-state index is 11.9. The van der Waals surface area contributed by atoms with Gasteiger partial charge in [0.1, 0.15) is 0 Å². The second kappa shape index (κ2) is 23.0. The molecule has 0 aromatic carbocycles. The Balaban J connectivity index is 0. The summed E-state index contributed by atoms with van der Waals surface area (Å²) < 4.78 is 41.4. The first-order valence-corrected chi connectivity index (χ1v) is 14.7. The summed E-state index contributed by atoms with van der Waals surface area (Å²) in [4.78, 5) is 0. The van der Waals surface area contributed by atoms with Crippen LogP contribution < -0.4 is 0 Å². The molecule has 0 fully saturated rings. The quantitative estimate of drug-likeness (QED) is 0.101. The van der Waals surface area contributed by atoms with Crippen molar-refractivity contribution in [2.75, 3.05) is 45.2 Å². The molecule has 0 spiro atoms. The van der Waals surface area contributed by atoms with Gasteiger partial charge in [0, 0.05) is 0 Å². The van der Waals surface area contributed by atoms with E-state index in [4.69, 9.17) is 4.18 Å². The lowest BCUT2D eigenvalue weighted by atomic mass is 10.1. The summed E-state index contributed by atoms with van der Waals surface area (Å²) in [7, 11) is -3.37. The fourth-order valence-electron chi connectivity index (χ4n) is 3.73. The van der Waals surface area contributed by atoms with Crippen LogP contribution in [0.25, 0.3) is 0 Å². The van der Waals surface area contributed by atoms with Gasteiger partial charge in [0.05, 0.1) is 45.2 Å². The second-order valence-electron chi connectivity index (χ2n) is 8.62. The van der Waals surface area contributed by atoms with Crippen LogP contribution in [0.1, 0.15) is 118 Å². The van der Waals surface area contributed by atoms with Crippen LogP contribution >= 0.6 is 0 Å². The zero-order chi connectivity index (χ0) is 23.8. The van der Waals surface area contributed by atoms with Crippen molar-refractivity contribution in [2.45, 2.75) is 118 Å². The third-order valence-electron chi connectivity index (χ3n) is 6.47. The number of nitrogens with zero attached hydrogens (tertiary/aromatic N) is 1. The van der Waals surface area contributed by atoms with Gasteiger partial charge in [-0.1, -0.05) is 71.1 Å². The highest BCUT2D eigenvalue weighted by Crippen LogP contribution is 2.10. The molecule has 0 aliphatic rings. The second-order valence-corrected chi connectivity index (χ2v) is 10.4. The Morgan fingerprint density at radius 3 is 1.45 bits per heavy atom. The number of hydrogen-bond acceptors (Lipinski definition) is 3. The zero-order valence-electron chi connectivity index (χ0n) is 21.6. The van der Waals surface area contributed by atoms with E-state index in [2.05, 4.69) is 34.6 Å². The predicted octanol–water partition coefficient (Wildman–Crippen LogP) is 7.28. The number of unbranched alkanes of at least 4 members (excludes halogenated alkanes) is 11. The zero-order valence-corrected chi connectivity index (χ0v) is 22.4. The van der Waals surface area contributed by atoms with Crippen molar-refractivity contribution in [3.8, 4) is 0 Å². The van der Waals surface area contributed by atoms with E-state index in [1.54, 1.807) is 0 Å². The first-order valence-electron chi connectivity index (χ1n) is 13.1. The lowest BCUT2D eigenvalue weighted by molar-refractivity contribution is -0.921. The minimum absolute atomic E-state index is 0.0662. The monoisotopic (exact) mass is 468 g/mol. The highest BCUT2D eigenvalue weighted by atomic mass is 32.2. The molecule has 4 nitrogen and oxygen atoms in total. The Bertz CT molecular complexity index is 436. The SMILES string of the molecule is CCCCCCCCCCCOS(=O)(=O)CCCCCCF.CC[N+](CC)(CC)CC. The number of alkyl halides is 1. The van der Waals surface area contributed by atoms with Crippen molar-refractivity contribution in [3.05, 3.63) is 0 Å². The molecule has 0 rings (SSSR count). The van der Waals surface area contributed by atoms with Crippen LogP contribution in [0, 0.1) is 0 Å². The average Bonchev–Trinajstić information content (AvgIpc) is 2.77. The molecule has 0 N–H and O–H groups in total. The molecule has 0 aromatic rings. The van der Waals surface area contributed by atoms with E-state index in [1.807, 2.05) is 0 Å². The van der Waals surface area contributed by atoms with Gasteiger partial charge in [0.25, 0.3) is 10.1 Å². The van der Waals surface area contributed by atoms with Gasteiger partial charge >= 0.3 is 0 Å². The van der Waals surface area contributed by atoms with Crippen molar-refractivity contribution in [3.63, 3.8) is 0 Å². The number of halogens is 1. The summed E-state index contributed by atoms with van der Waals surface area (Å²) in [5.41, 5.74) is 0. The van der Waals surface area contributed by atoms with Crippen molar-refractivity contribution in [2.24, 2.45) is 0 Å². The molecule has 0 aromatic heterocycles. The van der Waals surface area contributed by atoms with Crippen molar-refractivity contribution < 1.29 is 21.5 Å². The summed E-state index contributed by atoms with van der Waals surface area (Å²) in [5, 5.41) is 0. The molecular weight excluding hydrogens is 413 g/mol. The summed E-state index contributed by atoms with van der Waals surface area (Å²) >= 11 is 0. The lowest BCUT2D eigenvalue weighted by Crippen LogP contribution is -2.47. The van der Waals surface area contributed by atoms with Gasteiger partial charge in [0.15, 0.2) is 0 Å². The Morgan fingerprint density at radius 1 is 0.613 bits per heavy atom. The maximum Gasteiger partial charge on any atom is 0.267 e. The Hall–Kier alpha value is -0.200. The van der Waals surface area contributed by atoms with Crippen LogP contribution in [0.5, 0.6) is 0 Å². The first-order chi connectivity index (χ1) is 14.9. The number of quaternary nitrogens is 1. The standard InChI is InChI=1S/C17H35FO3S.C8H20N/c1-2-3-4-5-6-7-8-10-13-16-21-22(19,20)17-14-11-9-12-15-18;1-5-9(6-2,7-3)8-4/h2-17H2,1H3;5-8H2,1-4H3/q;+1. The highest BCUT2D eigenvalue weighted by Gasteiger charge is 2.16. The summed E-state index contributed by atoms with van der Waals surface area (Å²) in [6.07, 6.45) is 13.4. The topological polar surface area (TPSA) is 43.4 Å². The first kappa shape index (κ1) is 33.0. The van der Waals surface area contributed by atoms with Gasteiger partial charge < -0.3 is 4.48 Å². The maximum absolute atomic E-state index is 11.9. The van der Waals surface area contributed by atoms with E-state index in [-0.39, 0.29) is 12.4 Å². The molecule has 0 amide bonds. The molecule has 0 aliphatic carbocycles. The van der Waals surface area contributed by atoms with Gasteiger partial charge in [-0.3, -0.25) is 8.57 Å². The molecule has 31 heavy (non-hydrogen) atoms. The third-order valence-corrected chi connectivity index (χ3v) is 7.79. The van der Waals surface area contributed by atoms with Crippen LogP contribution in [0.2, 0.25) is 0 Å². The predicted molar refractivity (Wildman–Crippen MR) is 134 cm³/mol. The van der Waals surface area contributed by atoms with E-state index >= 15 is 0 Å². The van der Waals surface area contributed by atoms with E-state index < -0.39 is 10.1 Å². The van der Waals surface area contributed by atoms with Gasteiger partial charge in [0.2, 0.25) is 0 Å². The minimum Gasteiger partial charge on any atom is -0.325 e. The fourth-order valence-corrected chi connectivity index (χ4v) is 4.77. The fraction of sp³-hybridized carbons (Fsp3) is 1.00. The highest BCUT2D eigenvalue weighted by molar-refractivity contribution is 7.86. The third kappa shape index (κ3) is 21.4. The van der Waals surface area contributed by atoms with E-state index in [9.17, 15) is 12.8 Å². The molecule has 6 heteroatoms. The molecule has 0 saturated carbocycles. The molecule has 0 saturated heterocycles. The summed E-state index contributed by atoms with van der Waals surface area (Å²) in [6, 6.07) is 0. The molecule has 0 unspecified atom stereocenters. The van der Waals surface area contributed by atoms with Gasteiger partial charge in [-0.05, 0) is 47.0 Å².